The lowest BCUT2D eigenvalue weighted by Crippen LogP contribution is -2.46. The van der Waals surface area contributed by atoms with E-state index in [2.05, 4.69) is 5.32 Å². The van der Waals surface area contributed by atoms with Gasteiger partial charge in [-0.2, -0.15) is 0 Å². The van der Waals surface area contributed by atoms with Crippen LogP contribution in [0.1, 0.15) is 16.1 Å². The maximum absolute atomic E-state index is 12.8. The topological polar surface area (TPSA) is 96.0 Å². The molecule has 0 unspecified atom stereocenters. The molecule has 1 saturated heterocycles. The Kier molecular flexibility index (Phi) is 5.82. The summed E-state index contributed by atoms with van der Waals surface area (Å²) in [6.07, 6.45) is 1.69. The molecule has 2 aromatic rings. The molecule has 1 fully saturated rings. The molecule has 8 nitrogen and oxygen atoms in total. The number of halogens is 1. The number of nitrogens with one attached hydrogen (secondary N) is 1. The highest BCUT2D eigenvalue weighted by atomic mass is 35.5. The molecule has 1 aliphatic rings. The first kappa shape index (κ1) is 20.4. The van der Waals surface area contributed by atoms with Crippen LogP contribution in [0.2, 0.25) is 5.02 Å². The maximum Gasteiger partial charge on any atom is 0.340 e. The second-order valence-electron chi connectivity index (χ2n) is 6.07. The van der Waals surface area contributed by atoms with Crippen molar-refractivity contribution in [1.29, 1.82) is 0 Å². The van der Waals surface area contributed by atoms with Crippen LogP contribution in [0, 0.1) is 0 Å². The zero-order chi connectivity index (χ0) is 20.5. The Hall–Kier alpha value is -2.30. The minimum atomic E-state index is -3.39. The van der Waals surface area contributed by atoms with Gasteiger partial charge in [-0.1, -0.05) is 11.6 Å². The van der Waals surface area contributed by atoms with Crippen LogP contribution in [0.25, 0.3) is 0 Å². The Labute approximate surface area is 171 Å². The summed E-state index contributed by atoms with van der Waals surface area (Å²) in [5, 5.41) is 5.73. The number of rotatable bonds is 4. The highest BCUT2D eigenvalue weighted by Crippen LogP contribution is 2.29. The van der Waals surface area contributed by atoms with Crippen LogP contribution < -0.4 is 10.1 Å². The lowest BCUT2D eigenvalue weighted by molar-refractivity contribution is 0.0409. The molecule has 28 heavy (non-hydrogen) atoms. The number of benzene rings is 1. The van der Waals surface area contributed by atoms with E-state index < -0.39 is 21.8 Å². The van der Waals surface area contributed by atoms with E-state index in [0.717, 1.165) is 17.6 Å². The van der Waals surface area contributed by atoms with Crippen LogP contribution in [0.5, 0.6) is 5.75 Å². The van der Waals surface area contributed by atoms with Gasteiger partial charge in [0.05, 0.1) is 17.7 Å². The van der Waals surface area contributed by atoms with E-state index in [1.165, 1.54) is 29.3 Å². The number of amides is 3. The van der Waals surface area contributed by atoms with Crippen molar-refractivity contribution in [2.45, 2.75) is 10.6 Å². The quantitative estimate of drug-likeness (QED) is 0.783. The van der Waals surface area contributed by atoms with Gasteiger partial charge in [0, 0.05) is 24.4 Å². The third-order valence-corrected chi connectivity index (χ3v) is 7.19. The number of carbonyl (C=O) groups is 2. The van der Waals surface area contributed by atoms with Crippen molar-refractivity contribution < 1.29 is 22.7 Å². The lowest BCUT2D eigenvalue weighted by atomic mass is 10.3. The van der Waals surface area contributed by atoms with Crippen LogP contribution in [0.3, 0.4) is 0 Å². The van der Waals surface area contributed by atoms with Crippen molar-refractivity contribution in [3.05, 3.63) is 40.2 Å². The predicted molar refractivity (Wildman–Crippen MR) is 107 cm³/mol. The third kappa shape index (κ3) is 4.23. The third-order valence-electron chi connectivity index (χ3n) is 4.06. The van der Waals surface area contributed by atoms with Gasteiger partial charge in [0.2, 0.25) is 0 Å². The average Bonchev–Trinajstić information content (AvgIpc) is 3.30. The van der Waals surface area contributed by atoms with Gasteiger partial charge in [-0.3, -0.25) is 4.79 Å². The zero-order valence-corrected chi connectivity index (χ0v) is 17.5. The summed E-state index contributed by atoms with van der Waals surface area (Å²) in [4.78, 5) is 25.8. The minimum Gasteiger partial charge on any atom is -0.495 e. The Morgan fingerprint density at radius 3 is 2.54 bits per heavy atom. The highest BCUT2D eigenvalue weighted by molar-refractivity contribution is 7.92. The van der Waals surface area contributed by atoms with Gasteiger partial charge in [-0.25, -0.2) is 23.2 Å². The fourth-order valence-electron chi connectivity index (χ4n) is 2.75. The highest BCUT2D eigenvalue weighted by Gasteiger charge is 2.33. The Morgan fingerprint density at radius 2 is 1.89 bits per heavy atom. The molecule has 150 valence electrons. The van der Waals surface area contributed by atoms with Gasteiger partial charge in [-0.15, -0.1) is 11.3 Å². The van der Waals surface area contributed by atoms with Crippen molar-refractivity contribution in [3.63, 3.8) is 0 Å². The fourth-order valence-corrected chi connectivity index (χ4v) is 4.80. The van der Waals surface area contributed by atoms with Crippen LogP contribution in [-0.4, -0.2) is 56.8 Å². The van der Waals surface area contributed by atoms with E-state index in [1.54, 1.807) is 18.2 Å². The molecule has 0 spiro atoms. The molecule has 3 amide bonds. The van der Waals surface area contributed by atoms with Crippen LogP contribution in [0.4, 0.5) is 10.5 Å². The molecule has 1 aromatic heterocycles. The van der Waals surface area contributed by atoms with Crippen molar-refractivity contribution in [3.8, 4) is 5.75 Å². The first-order valence-electron chi connectivity index (χ1n) is 8.24. The summed E-state index contributed by atoms with van der Waals surface area (Å²) < 4.78 is 28.6. The molecule has 3 rings (SSSR count). The normalized spacial score (nSPS) is 14.2. The Bertz CT molecular complexity index is 1020. The second-order valence-corrected chi connectivity index (χ2v) is 9.83. The number of thiophene rings is 1. The minimum absolute atomic E-state index is 0.106. The van der Waals surface area contributed by atoms with Gasteiger partial charge in [0.15, 0.2) is 9.84 Å². The predicted octanol–water partition coefficient (Wildman–Crippen LogP) is 3.11. The number of sulfone groups is 1. The van der Waals surface area contributed by atoms with Gasteiger partial charge in [0.25, 0.3) is 5.91 Å². The average molecular weight is 444 g/mol. The first-order valence-corrected chi connectivity index (χ1v) is 11.3. The number of carbonyl (C=O) groups excluding carboxylic acids is 2. The standard InChI is InChI=1S/C17H18ClN3O5S2/c1-26-13-5-4-11(18)10-12(13)19-17(23)21-9-3-8-20(21)16(22)14-6-7-15(27-14)28(2,24)25/h4-7,10H,3,8-9H2,1-2H3,(H,19,23). The number of hydrogen-bond acceptors (Lipinski definition) is 6. The molecule has 0 atom stereocenters. The molecule has 0 bridgehead atoms. The fraction of sp³-hybridized carbons (Fsp3) is 0.294. The van der Waals surface area contributed by atoms with Gasteiger partial charge >= 0.3 is 6.03 Å². The summed E-state index contributed by atoms with van der Waals surface area (Å²) in [5.41, 5.74) is 0.384. The zero-order valence-electron chi connectivity index (χ0n) is 15.1. The van der Waals surface area contributed by atoms with Crippen molar-refractivity contribution in [1.82, 2.24) is 10.0 Å². The van der Waals surface area contributed by atoms with Gasteiger partial charge < -0.3 is 10.1 Å². The van der Waals surface area contributed by atoms with E-state index in [9.17, 15) is 18.0 Å². The number of hydrogen-bond donors (Lipinski definition) is 1. The smallest absolute Gasteiger partial charge is 0.340 e. The molecule has 1 aliphatic heterocycles. The molecule has 0 aliphatic carbocycles. The number of methoxy groups -OCH3 is 1. The largest absolute Gasteiger partial charge is 0.495 e. The number of ether oxygens (including phenoxy) is 1. The number of urea groups is 1. The molecule has 0 radical (unpaired) electrons. The van der Waals surface area contributed by atoms with Crippen molar-refractivity contribution in [2.75, 3.05) is 31.8 Å². The molecular formula is C17H18ClN3O5S2. The molecular weight excluding hydrogens is 426 g/mol. The summed E-state index contributed by atoms with van der Waals surface area (Å²) >= 11 is 6.87. The molecule has 11 heteroatoms. The lowest BCUT2D eigenvalue weighted by Gasteiger charge is -2.27. The molecule has 0 saturated carbocycles. The van der Waals surface area contributed by atoms with Crippen LogP contribution in [-0.2, 0) is 9.84 Å². The van der Waals surface area contributed by atoms with Crippen molar-refractivity contribution in [2.24, 2.45) is 0 Å². The number of hydrazine groups is 1. The summed E-state index contributed by atoms with van der Waals surface area (Å²) in [7, 11) is -1.92. The first-order chi connectivity index (χ1) is 13.2. The Balaban J connectivity index is 1.79. The van der Waals surface area contributed by atoms with E-state index in [0.29, 0.717) is 36.0 Å². The maximum atomic E-state index is 12.8. The van der Waals surface area contributed by atoms with Gasteiger partial charge in [-0.05, 0) is 36.8 Å². The monoisotopic (exact) mass is 443 g/mol. The second kappa shape index (κ2) is 7.98. The van der Waals surface area contributed by atoms with E-state index >= 15 is 0 Å². The summed E-state index contributed by atoms with van der Waals surface area (Å²) in [6, 6.07) is 7.16. The molecule has 1 N–H and O–H groups in total. The number of anilines is 1. The Morgan fingerprint density at radius 1 is 1.18 bits per heavy atom. The van der Waals surface area contributed by atoms with Gasteiger partial charge in [0.1, 0.15) is 9.96 Å². The van der Waals surface area contributed by atoms with E-state index in [-0.39, 0.29) is 9.09 Å². The summed E-state index contributed by atoms with van der Waals surface area (Å²) in [6.45, 7) is 0.704. The molecule has 2 heterocycles. The number of nitrogens with zero attached hydrogens (tertiary/aromatic N) is 2. The van der Waals surface area contributed by atoms with E-state index in [1.807, 2.05) is 0 Å². The molecule has 1 aromatic carbocycles. The van der Waals surface area contributed by atoms with Crippen LogP contribution in [0.15, 0.2) is 34.5 Å². The van der Waals surface area contributed by atoms with Crippen molar-refractivity contribution >= 4 is 50.4 Å². The SMILES string of the molecule is COc1ccc(Cl)cc1NC(=O)N1CCCN1C(=O)c1ccc(S(C)(=O)=O)s1. The van der Waals surface area contributed by atoms with E-state index in [4.69, 9.17) is 16.3 Å². The van der Waals surface area contributed by atoms with Crippen LogP contribution >= 0.6 is 22.9 Å². The summed E-state index contributed by atoms with van der Waals surface area (Å²) in [5.74, 6) is 0.0106.